The third kappa shape index (κ3) is 4.17. The van der Waals surface area contributed by atoms with Gasteiger partial charge >= 0.3 is 0 Å². The number of nitrogens with zero attached hydrogens (tertiary/aromatic N) is 5. The van der Waals surface area contributed by atoms with Crippen LogP contribution in [0.25, 0.3) is 0 Å². The summed E-state index contributed by atoms with van der Waals surface area (Å²) >= 11 is 0. The summed E-state index contributed by atoms with van der Waals surface area (Å²) in [4.78, 5) is 45.9. The fourth-order valence-electron chi connectivity index (χ4n) is 4.28. The van der Waals surface area contributed by atoms with Gasteiger partial charge in [-0.2, -0.15) is 5.10 Å². The van der Waals surface area contributed by atoms with E-state index < -0.39 is 12.0 Å². The van der Waals surface area contributed by atoms with Gasteiger partial charge in [-0.05, 0) is 48.8 Å². The molecule has 1 saturated heterocycles. The molecule has 0 aromatic carbocycles. The van der Waals surface area contributed by atoms with Crippen molar-refractivity contribution in [2.45, 2.75) is 38.6 Å². The minimum Gasteiger partial charge on any atom is -0.384 e. The number of anilines is 2. The number of likely N-dealkylation sites (N-methyl/N-ethyl adjacent to an activating group) is 1. The van der Waals surface area contributed by atoms with E-state index in [4.69, 9.17) is 5.73 Å². The van der Waals surface area contributed by atoms with Crippen LogP contribution in [-0.4, -0.2) is 50.5 Å². The zero-order valence-electron chi connectivity index (χ0n) is 18.1. The number of nitrogens with two attached hydrogens (primary N) is 1. The first-order valence-corrected chi connectivity index (χ1v) is 10.6. The molecule has 0 unspecified atom stereocenters. The Bertz CT molecular complexity index is 1010. The summed E-state index contributed by atoms with van der Waals surface area (Å²) in [6.45, 7) is 2.04. The van der Waals surface area contributed by atoms with Crippen LogP contribution in [0, 0.1) is 17.8 Å². The van der Waals surface area contributed by atoms with Crippen molar-refractivity contribution >= 4 is 29.4 Å². The van der Waals surface area contributed by atoms with Crippen molar-refractivity contribution < 1.29 is 14.4 Å². The normalized spacial score (nSPS) is 21.5. The lowest BCUT2D eigenvalue weighted by Crippen LogP contribution is -2.69. The summed E-state index contributed by atoms with van der Waals surface area (Å²) in [5, 5.41) is 4.27. The van der Waals surface area contributed by atoms with Crippen LogP contribution in [0.3, 0.4) is 0 Å². The molecule has 164 valence electrons. The quantitative estimate of drug-likeness (QED) is 0.672. The Morgan fingerprint density at radius 2 is 2.06 bits per heavy atom. The highest BCUT2D eigenvalue weighted by Gasteiger charge is 2.55. The highest BCUT2D eigenvalue weighted by atomic mass is 16.2. The number of aromatic nitrogens is 3. The van der Waals surface area contributed by atoms with Gasteiger partial charge in [-0.15, -0.1) is 0 Å². The second-order valence-electron chi connectivity index (χ2n) is 8.71. The Morgan fingerprint density at radius 1 is 1.32 bits per heavy atom. The van der Waals surface area contributed by atoms with Crippen LogP contribution in [0.4, 0.5) is 11.6 Å². The van der Waals surface area contributed by atoms with Crippen molar-refractivity contribution in [2.75, 3.05) is 17.7 Å². The lowest BCUT2D eigenvalue weighted by Gasteiger charge is -2.46. The fraction of sp³-hybridized carbons (Fsp3) is 0.500. The number of carbonyl (C=O) groups excluding carboxylic acids is 3. The number of nitrogen functional groups attached to an aromatic ring is 1. The van der Waals surface area contributed by atoms with Crippen LogP contribution < -0.4 is 10.6 Å². The molecule has 9 nitrogen and oxygen atoms in total. The molecule has 1 aliphatic heterocycles. The first-order chi connectivity index (χ1) is 14.8. The molecule has 2 aromatic rings. The van der Waals surface area contributed by atoms with Crippen LogP contribution in [0.5, 0.6) is 0 Å². The largest absolute Gasteiger partial charge is 0.384 e. The van der Waals surface area contributed by atoms with Crippen molar-refractivity contribution in [1.82, 2.24) is 19.7 Å². The highest BCUT2D eigenvalue weighted by molar-refractivity contribution is 6.12. The second kappa shape index (κ2) is 8.13. The van der Waals surface area contributed by atoms with Crippen molar-refractivity contribution in [3.8, 4) is 0 Å². The Morgan fingerprint density at radius 3 is 2.68 bits per heavy atom. The van der Waals surface area contributed by atoms with E-state index in [1.807, 2.05) is 6.92 Å². The van der Waals surface area contributed by atoms with E-state index >= 15 is 0 Å². The Hall–Kier alpha value is -3.23. The molecule has 0 spiro atoms. The van der Waals surface area contributed by atoms with Gasteiger partial charge in [0.05, 0.1) is 5.92 Å². The maximum absolute atomic E-state index is 13.4. The van der Waals surface area contributed by atoms with Gasteiger partial charge in [0, 0.05) is 39.0 Å². The first kappa shape index (κ1) is 21.0. The number of hydrogen-bond donors (Lipinski definition) is 1. The number of imide groups is 1. The average Bonchev–Trinajstić information content (AvgIpc) is 3.50. The number of carbonyl (C=O) groups is 3. The number of β-lactam (4-membered cyclic amide) rings is 1. The van der Waals surface area contributed by atoms with Crippen molar-refractivity contribution in [1.29, 1.82) is 0 Å². The third-order valence-electron chi connectivity index (χ3n) is 6.33. The van der Waals surface area contributed by atoms with Gasteiger partial charge in [0.15, 0.2) is 5.82 Å². The lowest BCUT2D eigenvalue weighted by molar-refractivity contribution is -0.170. The van der Waals surface area contributed by atoms with Crippen molar-refractivity contribution in [3.63, 3.8) is 0 Å². The van der Waals surface area contributed by atoms with E-state index in [1.165, 1.54) is 4.90 Å². The molecule has 1 aliphatic carbocycles. The molecule has 0 bridgehead atoms. The van der Waals surface area contributed by atoms with E-state index in [0.717, 1.165) is 23.3 Å². The lowest BCUT2D eigenvalue weighted by atomic mass is 9.80. The molecule has 3 heterocycles. The van der Waals surface area contributed by atoms with Gasteiger partial charge in [-0.1, -0.05) is 6.92 Å². The van der Waals surface area contributed by atoms with Crippen LogP contribution in [0.15, 0.2) is 30.6 Å². The Kier molecular flexibility index (Phi) is 5.51. The molecule has 2 aliphatic rings. The summed E-state index contributed by atoms with van der Waals surface area (Å²) in [6, 6.07) is 4.33. The van der Waals surface area contributed by atoms with Crippen molar-refractivity contribution in [3.05, 3.63) is 36.2 Å². The molecule has 4 rings (SSSR count). The molecule has 2 fully saturated rings. The van der Waals surface area contributed by atoms with Gasteiger partial charge in [-0.25, -0.2) is 4.98 Å². The number of likely N-dealkylation sites (tertiary alicyclic amines) is 1. The summed E-state index contributed by atoms with van der Waals surface area (Å²) in [5.74, 6) is 0.0449. The topological polar surface area (TPSA) is 114 Å². The first-order valence-electron chi connectivity index (χ1n) is 10.6. The van der Waals surface area contributed by atoms with Gasteiger partial charge < -0.3 is 5.73 Å². The predicted octanol–water partition coefficient (Wildman–Crippen LogP) is 1.39. The van der Waals surface area contributed by atoms with Gasteiger partial charge in [0.2, 0.25) is 11.8 Å². The molecule has 9 heteroatoms. The molecule has 2 aromatic heterocycles. The van der Waals surface area contributed by atoms with Gasteiger partial charge in [-0.3, -0.25) is 28.9 Å². The zero-order valence-corrected chi connectivity index (χ0v) is 18.1. The standard InChI is InChI=1S/C22H28N6O3/c1-13(15-4-5-15)10-19(29)28-20(22(31)27(3)18-7-9-26(2)25-18)16(21(28)30)11-14-6-8-24-17(23)12-14/h6-9,12-13,15-16,20H,4-5,10-11H2,1-3H3,(H2,23,24)/t13-,16+,20-/m0/s1. The highest BCUT2D eigenvalue weighted by Crippen LogP contribution is 2.40. The molecule has 1 saturated carbocycles. The minimum atomic E-state index is -0.854. The summed E-state index contributed by atoms with van der Waals surface area (Å²) in [5.41, 5.74) is 6.58. The molecule has 3 amide bonds. The Balaban J connectivity index is 1.57. The fourth-order valence-corrected chi connectivity index (χ4v) is 4.28. The number of rotatable bonds is 7. The number of pyridine rings is 1. The SMILES string of the molecule is C[C@@H](CC(=O)N1C(=O)[C@H](Cc2ccnc(N)c2)[C@H]1C(=O)N(C)c1ccn(C)n1)C1CC1. The van der Waals surface area contributed by atoms with E-state index in [0.29, 0.717) is 24.0 Å². The van der Waals surface area contributed by atoms with Gasteiger partial charge in [0.25, 0.3) is 5.91 Å². The Labute approximate surface area is 181 Å². The smallest absolute Gasteiger partial charge is 0.252 e. The molecular weight excluding hydrogens is 396 g/mol. The van der Waals surface area contributed by atoms with Crippen LogP contribution >= 0.6 is 0 Å². The summed E-state index contributed by atoms with van der Waals surface area (Å²) in [6.07, 6.45) is 6.16. The second-order valence-corrected chi connectivity index (χ2v) is 8.71. The maximum Gasteiger partial charge on any atom is 0.252 e. The van der Waals surface area contributed by atoms with E-state index in [2.05, 4.69) is 10.1 Å². The average molecular weight is 425 g/mol. The minimum absolute atomic E-state index is 0.212. The monoisotopic (exact) mass is 424 g/mol. The zero-order chi connectivity index (χ0) is 22.3. The molecule has 3 atom stereocenters. The maximum atomic E-state index is 13.4. The van der Waals surface area contributed by atoms with E-state index in [9.17, 15) is 14.4 Å². The predicted molar refractivity (Wildman–Crippen MR) is 115 cm³/mol. The molecular formula is C22H28N6O3. The summed E-state index contributed by atoms with van der Waals surface area (Å²) in [7, 11) is 3.38. The van der Waals surface area contributed by atoms with Crippen LogP contribution in [0.1, 0.15) is 31.7 Å². The van der Waals surface area contributed by atoms with Gasteiger partial charge in [0.1, 0.15) is 11.9 Å². The van der Waals surface area contributed by atoms with E-state index in [1.54, 1.807) is 49.4 Å². The number of hydrogen-bond acceptors (Lipinski definition) is 6. The van der Waals surface area contributed by atoms with Crippen LogP contribution in [-0.2, 0) is 27.9 Å². The van der Waals surface area contributed by atoms with E-state index in [-0.39, 0.29) is 30.1 Å². The number of aryl methyl sites for hydroxylation is 1. The molecule has 31 heavy (non-hydrogen) atoms. The third-order valence-corrected chi connectivity index (χ3v) is 6.33. The molecule has 2 N–H and O–H groups in total. The van der Waals surface area contributed by atoms with Crippen LogP contribution in [0.2, 0.25) is 0 Å². The summed E-state index contributed by atoms with van der Waals surface area (Å²) < 4.78 is 1.60. The molecule has 0 radical (unpaired) electrons. The number of amides is 3. The van der Waals surface area contributed by atoms with Crippen molar-refractivity contribution in [2.24, 2.45) is 24.8 Å².